The van der Waals surface area contributed by atoms with Gasteiger partial charge in [0.15, 0.2) is 5.69 Å². The molecule has 3 heterocycles. The van der Waals surface area contributed by atoms with Crippen molar-refractivity contribution in [2.24, 2.45) is 0 Å². The van der Waals surface area contributed by atoms with E-state index < -0.39 is 0 Å². The lowest BCUT2D eigenvalue weighted by atomic mass is 9.99. The number of hydrogen-bond acceptors (Lipinski definition) is 7. The number of hydrogen-bond donors (Lipinski definition) is 1. The summed E-state index contributed by atoms with van der Waals surface area (Å²) in [6, 6.07) is 17.2. The maximum absolute atomic E-state index is 5.88. The Morgan fingerprint density at radius 3 is 2.72 bits per heavy atom. The molecule has 0 spiro atoms. The van der Waals surface area contributed by atoms with Gasteiger partial charge in [0.2, 0.25) is 0 Å². The number of fused-ring (bicyclic) bond motifs is 4. The van der Waals surface area contributed by atoms with Gasteiger partial charge in [-0.05, 0) is 73.2 Å². The molecule has 4 aromatic rings. The lowest BCUT2D eigenvalue weighted by Gasteiger charge is -2.25. The van der Waals surface area contributed by atoms with Crippen molar-refractivity contribution in [2.75, 3.05) is 18.9 Å². The first-order chi connectivity index (χ1) is 15.7. The molecule has 1 aliphatic carbocycles. The fraction of sp³-hybridized carbons (Fsp3) is 0.280. The van der Waals surface area contributed by atoms with Gasteiger partial charge in [0, 0.05) is 24.3 Å². The van der Waals surface area contributed by atoms with Crippen LogP contribution < -0.4 is 5.32 Å². The zero-order chi connectivity index (χ0) is 21.5. The summed E-state index contributed by atoms with van der Waals surface area (Å²) in [6.07, 6.45) is 4.13. The van der Waals surface area contributed by atoms with Crippen molar-refractivity contribution < 1.29 is 4.42 Å². The van der Waals surface area contributed by atoms with E-state index in [4.69, 9.17) is 4.42 Å². The van der Waals surface area contributed by atoms with E-state index in [-0.39, 0.29) is 0 Å². The van der Waals surface area contributed by atoms with E-state index in [9.17, 15) is 0 Å². The minimum atomic E-state index is 0.356. The Morgan fingerprint density at radius 1 is 0.844 bits per heavy atom. The minimum Gasteiger partial charge on any atom is -0.401 e. The second-order valence-electron chi connectivity index (χ2n) is 8.62. The zero-order valence-corrected chi connectivity index (χ0v) is 18.0. The SMILES string of the molecule is CN1CCc2cc(Nc3nnc(-c4cc5c(nn4)-c4ccccc4CCC5)o3)ccc2C1. The Bertz CT molecular complexity index is 1300. The highest BCUT2D eigenvalue weighted by Gasteiger charge is 2.19. The molecule has 2 aromatic carbocycles. The normalized spacial score (nSPS) is 15.4. The molecule has 7 nitrogen and oxygen atoms in total. The van der Waals surface area contributed by atoms with E-state index in [2.05, 4.69) is 80.1 Å². The first kappa shape index (κ1) is 19.1. The van der Waals surface area contributed by atoms with Gasteiger partial charge in [-0.1, -0.05) is 35.4 Å². The van der Waals surface area contributed by atoms with Gasteiger partial charge in [0.1, 0.15) is 0 Å². The molecule has 0 amide bonds. The third kappa shape index (κ3) is 3.54. The molecular formula is C25H24N6O. The largest absolute Gasteiger partial charge is 0.401 e. The van der Waals surface area contributed by atoms with Gasteiger partial charge in [-0.25, -0.2) is 0 Å². The zero-order valence-electron chi connectivity index (χ0n) is 18.0. The Kier molecular flexibility index (Phi) is 4.69. The van der Waals surface area contributed by atoms with Gasteiger partial charge in [-0.15, -0.1) is 15.3 Å². The average Bonchev–Trinajstić information content (AvgIpc) is 3.20. The van der Waals surface area contributed by atoms with Crippen molar-refractivity contribution in [1.29, 1.82) is 0 Å². The lowest BCUT2D eigenvalue weighted by Crippen LogP contribution is -2.26. The van der Waals surface area contributed by atoms with Crippen LogP contribution in [0.15, 0.2) is 52.9 Å². The van der Waals surface area contributed by atoms with Crippen LogP contribution in [0.25, 0.3) is 22.8 Å². The van der Waals surface area contributed by atoms with E-state index in [1.807, 2.05) is 6.07 Å². The van der Waals surface area contributed by atoms with Crippen LogP contribution in [-0.2, 0) is 25.8 Å². The van der Waals surface area contributed by atoms with Crippen LogP contribution in [0.5, 0.6) is 0 Å². The Morgan fingerprint density at radius 2 is 1.75 bits per heavy atom. The van der Waals surface area contributed by atoms with Gasteiger partial charge in [0.05, 0.1) is 5.69 Å². The van der Waals surface area contributed by atoms with Crippen molar-refractivity contribution in [3.63, 3.8) is 0 Å². The average molecular weight is 425 g/mol. The van der Waals surface area contributed by atoms with Crippen molar-refractivity contribution >= 4 is 11.7 Å². The highest BCUT2D eigenvalue weighted by molar-refractivity contribution is 5.69. The topological polar surface area (TPSA) is 80.0 Å². The summed E-state index contributed by atoms with van der Waals surface area (Å²) in [5.41, 5.74) is 8.93. The predicted octanol–water partition coefficient (Wildman–Crippen LogP) is 4.41. The van der Waals surface area contributed by atoms with Gasteiger partial charge in [0.25, 0.3) is 5.89 Å². The van der Waals surface area contributed by atoms with Gasteiger partial charge >= 0.3 is 6.01 Å². The number of likely N-dealkylation sites (N-methyl/N-ethyl adjacent to an activating group) is 1. The summed E-state index contributed by atoms with van der Waals surface area (Å²) in [7, 11) is 2.15. The molecule has 0 fully saturated rings. The van der Waals surface area contributed by atoms with Crippen molar-refractivity contribution in [3.8, 4) is 22.8 Å². The summed E-state index contributed by atoms with van der Waals surface area (Å²) < 4.78 is 5.88. The fourth-order valence-corrected chi connectivity index (χ4v) is 4.66. The molecule has 0 saturated carbocycles. The van der Waals surface area contributed by atoms with Crippen LogP contribution in [0.3, 0.4) is 0 Å². The van der Waals surface area contributed by atoms with E-state index in [0.717, 1.165) is 50.2 Å². The number of nitrogens with zero attached hydrogens (tertiary/aromatic N) is 5. The molecular weight excluding hydrogens is 400 g/mol. The second kappa shape index (κ2) is 7.84. The van der Waals surface area contributed by atoms with Gasteiger partial charge < -0.3 is 14.6 Å². The molecule has 1 aliphatic heterocycles. The molecule has 0 bridgehead atoms. The smallest absolute Gasteiger partial charge is 0.320 e. The maximum atomic E-state index is 5.88. The van der Waals surface area contributed by atoms with Crippen LogP contribution in [-0.4, -0.2) is 38.9 Å². The first-order valence-corrected chi connectivity index (χ1v) is 11.1. The third-order valence-corrected chi connectivity index (χ3v) is 6.34. The molecule has 1 N–H and O–H groups in total. The summed E-state index contributed by atoms with van der Waals surface area (Å²) in [6.45, 7) is 2.06. The highest BCUT2D eigenvalue weighted by atomic mass is 16.4. The monoisotopic (exact) mass is 424 g/mol. The van der Waals surface area contributed by atoms with Gasteiger partial charge in [-0.3, -0.25) is 0 Å². The third-order valence-electron chi connectivity index (χ3n) is 6.34. The lowest BCUT2D eigenvalue weighted by molar-refractivity contribution is 0.313. The molecule has 6 rings (SSSR count). The van der Waals surface area contributed by atoms with Crippen molar-refractivity contribution in [2.45, 2.75) is 32.2 Å². The highest BCUT2D eigenvalue weighted by Crippen LogP contribution is 2.32. The molecule has 0 saturated heterocycles. The molecule has 160 valence electrons. The number of rotatable bonds is 3. The van der Waals surface area contributed by atoms with Crippen LogP contribution in [0.2, 0.25) is 0 Å². The minimum absolute atomic E-state index is 0.356. The van der Waals surface area contributed by atoms with Gasteiger partial charge in [-0.2, -0.15) is 0 Å². The molecule has 0 radical (unpaired) electrons. The van der Waals surface area contributed by atoms with Crippen molar-refractivity contribution in [1.82, 2.24) is 25.3 Å². The summed E-state index contributed by atoms with van der Waals surface area (Å²) in [4.78, 5) is 2.33. The van der Waals surface area contributed by atoms with E-state index >= 15 is 0 Å². The number of aryl methyl sites for hydroxylation is 2. The number of aromatic nitrogens is 4. The Balaban J connectivity index is 1.25. The molecule has 0 atom stereocenters. The Labute approximate surface area is 186 Å². The quantitative estimate of drug-likeness (QED) is 0.522. The van der Waals surface area contributed by atoms with E-state index in [1.54, 1.807) is 0 Å². The Hall–Kier alpha value is -3.58. The number of nitrogens with one attached hydrogen (secondary N) is 1. The summed E-state index contributed by atoms with van der Waals surface area (Å²) >= 11 is 0. The molecule has 7 heteroatoms. The fourth-order valence-electron chi connectivity index (χ4n) is 4.66. The van der Waals surface area contributed by atoms with Crippen LogP contribution in [0, 0.1) is 0 Å². The molecule has 2 aliphatic rings. The van der Waals surface area contributed by atoms with Crippen molar-refractivity contribution in [3.05, 3.63) is 70.8 Å². The van der Waals surface area contributed by atoms with Crippen LogP contribution in [0.4, 0.5) is 11.7 Å². The molecule has 0 unspecified atom stereocenters. The summed E-state index contributed by atoms with van der Waals surface area (Å²) in [5, 5.41) is 20.6. The standard InChI is InChI=1S/C25H24N6O/c1-31-12-11-17-13-20(10-9-19(17)15-31)26-25-30-29-24(32-25)22-14-18-7-4-6-16-5-2-3-8-21(16)23(18)28-27-22/h2-3,5,8-10,13-14H,4,6-7,11-12,15H2,1H3,(H,26,30). The second-order valence-corrected chi connectivity index (χ2v) is 8.62. The molecule has 2 aromatic heterocycles. The van der Waals surface area contributed by atoms with E-state index in [0.29, 0.717) is 17.6 Å². The predicted molar refractivity (Wildman–Crippen MR) is 123 cm³/mol. The molecule has 32 heavy (non-hydrogen) atoms. The van der Waals surface area contributed by atoms with Crippen LogP contribution >= 0.6 is 0 Å². The first-order valence-electron chi connectivity index (χ1n) is 11.1. The number of benzene rings is 2. The number of anilines is 2. The summed E-state index contributed by atoms with van der Waals surface area (Å²) in [5.74, 6) is 0.375. The maximum Gasteiger partial charge on any atom is 0.320 e. The van der Waals surface area contributed by atoms with E-state index in [1.165, 1.54) is 27.8 Å². The van der Waals surface area contributed by atoms with Crippen LogP contribution in [0.1, 0.15) is 28.7 Å².